The average molecular weight is 235 g/mol. The summed E-state index contributed by atoms with van der Waals surface area (Å²) in [6, 6.07) is 12.8. The number of hydrogen-bond acceptors (Lipinski definition) is 0. The van der Waals surface area contributed by atoms with Gasteiger partial charge in [-0.15, -0.1) is 40.6 Å². The quantitative estimate of drug-likeness (QED) is 0.485. The van der Waals surface area contributed by atoms with Gasteiger partial charge >= 0.3 is 21.7 Å². The van der Waals surface area contributed by atoms with Crippen molar-refractivity contribution in [3.8, 4) is 0 Å². The van der Waals surface area contributed by atoms with E-state index in [4.69, 9.17) is 0 Å². The summed E-state index contributed by atoms with van der Waals surface area (Å²) in [5.41, 5.74) is 1.35. The summed E-state index contributed by atoms with van der Waals surface area (Å²) < 4.78 is 0. The predicted molar refractivity (Wildman–Crippen MR) is 62.9 cm³/mol. The van der Waals surface area contributed by atoms with E-state index in [1.165, 1.54) is 16.3 Å². The van der Waals surface area contributed by atoms with Gasteiger partial charge in [0.15, 0.2) is 0 Å². The molecule has 0 amide bonds. The summed E-state index contributed by atoms with van der Waals surface area (Å²) >= 11 is 0. The smallest absolute Gasteiger partial charge is 0.358 e. The molecule has 0 nitrogen and oxygen atoms in total. The Morgan fingerprint density at radius 3 is 2.21 bits per heavy atom. The number of hydrogen-bond donors (Lipinski definition) is 0. The van der Waals surface area contributed by atoms with Crippen LogP contribution < -0.4 is 0 Å². The molecular weight excluding hydrogens is 220 g/mol. The Balaban J connectivity index is -0.000000302. The van der Waals surface area contributed by atoms with Crippen LogP contribution in [0.15, 0.2) is 36.4 Å². The van der Waals surface area contributed by atoms with E-state index in [0.29, 0.717) is 0 Å². The van der Waals surface area contributed by atoms with Crippen molar-refractivity contribution in [3.63, 3.8) is 0 Å². The SMILES string of the molecule is Cc1cc2ccccc2[cH-]1.[CH3-].[CH3-].[Si].[Ti+3]. The Kier molecular flexibility index (Phi) is 11.2. The van der Waals surface area contributed by atoms with Crippen LogP contribution in [0.1, 0.15) is 5.56 Å². The largest absolute Gasteiger partial charge is 3.00 e. The number of aryl methyl sites for hydroxylation is 1. The molecule has 0 spiro atoms. The maximum absolute atomic E-state index is 2.20. The molecule has 0 aliphatic carbocycles. The molecular formula is C12H15SiTi. The van der Waals surface area contributed by atoms with Gasteiger partial charge in [0, 0.05) is 11.0 Å². The Morgan fingerprint density at radius 2 is 1.64 bits per heavy atom. The summed E-state index contributed by atoms with van der Waals surface area (Å²) in [5.74, 6) is 0. The second-order valence-electron chi connectivity index (χ2n) is 2.66. The van der Waals surface area contributed by atoms with Crippen LogP contribution in [0.3, 0.4) is 0 Å². The van der Waals surface area contributed by atoms with Crippen molar-refractivity contribution in [1.29, 1.82) is 0 Å². The van der Waals surface area contributed by atoms with Gasteiger partial charge in [0.25, 0.3) is 0 Å². The summed E-state index contributed by atoms with van der Waals surface area (Å²) in [7, 11) is 0. The van der Waals surface area contributed by atoms with E-state index in [1.54, 1.807) is 0 Å². The predicted octanol–water partition coefficient (Wildman–Crippen LogP) is 3.38. The van der Waals surface area contributed by atoms with Gasteiger partial charge in [0.1, 0.15) is 0 Å². The van der Waals surface area contributed by atoms with Crippen molar-refractivity contribution in [2.24, 2.45) is 0 Å². The van der Waals surface area contributed by atoms with E-state index in [0.717, 1.165) is 0 Å². The van der Waals surface area contributed by atoms with Gasteiger partial charge in [0.05, 0.1) is 0 Å². The molecule has 0 bridgehead atoms. The fraction of sp³-hybridized carbons (Fsp3) is 0.0833. The van der Waals surface area contributed by atoms with E-state index < -0.39 is 0 Å². The van der Waals surface area contributed by atoms with Crippen molar-refractivity contribution in [3.05, 3.63) is 56.8 Å². The normalized spacial score (nSPS) is 7.50. The zero-order valence-electron chi connectivity index (χ0n) is 8.96. The van der Waals surface area contributed by atoms with Crippen molar-refractivity contribution in [2.45, 2.75) is 6.92 Å². The monoisotopic (exact) mass is 235 g/mol. The third-order valence-electron chi connectivity index (χ3n) is 1.76. The number of fused-ring (bicyclic) bond motifs is 1. The minimum absolute atomic E-state index is 0. The first-order valence-electron chi connectivity index (χ1n) is 3.48. The molecule has 0 heterocycles. The third kappa shape index (κ3) is 3.87. The van der Waals surface area contributed by atoms with Crippen LogP contribution in [0.25, 0.3) is 10.8 Å². The Bertz CT molecular complexity index is 319. The Morgan fingerprint density at radius 1 is 1.07 bits per heavy atom. The molecule has 0 aliphatic heterocycles. The minimum atomic E-state index is 0. The maximum atomic E-state index is 2.20. The van der Waals surface area contributed by atoms with E-state index in [9.17, 15) is 0 Å². The molecule has 71 valence electrons. The van der Waals surface area contributed by atoms with Crippen LogP contribution in [0.2, 0.25) is 0 Å². The first-order chi connectivity index (χ1) is 4.86. The summed E-state index contributed by atoms with van der Waals surface area (Å²) in [6.07, 6.45) is 0. The molecule has 0 saturated carbocycles. The van der Waals surface area contributed by atoms with E-state index in [2.05, 4.69) is 43.3 Å². The van der Waals surface area contributed by atoms with Gasteiger partial charge in [-0.1, -0.05) is 13.0 Å². The van der Waals surface area contributed by atoms with Crippen molar-refractivity contribution >= 4 is 21.7 Å². The standard InChI is InChI=1S/C10H9.2CH3.Si.Ti/c1-8-6-9-4-2-3-5-10(9)7-8;;;;/h2-7H,1H3;2*1H3;;/q3*-1;;+3. The molecule has 0 atom stereocenters. The Labute approximate surface area is 107 Å². The third-order valence-corrected chi connectivity index (χ3v) is 1.76. The molecule has 2 heteroatoms. The molecule has 0 N–H and O–H groups in total. The first-order valence-corrected chi connectivity index (χ1v) is 3.48. The van der Waals surface area contributed by atoms with Crippen LogP contribution in [0.5, 0.6) is 0 Å². The van der Waals surface area contributed by atoms with E-state index in [-0.39, 0.29) is 47.5 Å². The summed E-state index contributed by atoms with van der Waals surface area (Å²) in [5, 5.41) is 2.69. The van der Waals surface area contributed by atoms with Crippen molar-refractivity contribution in [1.82, 2.24) is 0 Å². The molecule has 2 rings (SSSR count). The topological polar surface area (TPSA) is 0 Å². The fourth-order valence-corrected chi connectivity index (χ4v) is 1.31. The molecule has 0 saturated heterocycles. The summed E-state index contributed by atoms with van der Waals surface area (Å²) in [6.45, 7) is 2.12. The number of rotatable bonds is 0. The van der Waals surface area contributed by atoms with E-state index >= 15 is 0 Å². The van der Waals surface area contributed by atoms with Crippen LogP contribution in [-0.4, -0.2) is 11.0 Å². The fourth-order valence-electron chi connectivity index (χ4n) is 1.31. The molecule has 0 unspecified atom stereocenters. The second-order valence-corrected chi connectivity index (χ2v) is 2.66. The first kappa shape index (κ1) is 19.4. The number of benzene rings is 1. The summed E-state index contributed by atoms with van der Waals surface area (Å²) in [4.78, 5) is 0. The molecule has 0 aromatic heterocycles. The van der Waals surface area contributed by atoms with Gasteiger partial charge < -0.3 is 14.9 Å². The Hall–Kier alpha value is -0.239. The van der Waals surface area contributed by atoms with Crippen LogP contribution in [0, 0.1) is 21.8 Å². The molecule has 2 aromatic carbocycles. The van der Waals surface area contributed by atoms with Crippen molar-refractivity contribution < 1.29 is 21.7 Å². The van der Waals surface area contributed by atoms with Gasteiger partial charge in [0.2, 0.25) is 0 Å². The molecule has 2 aromatic rings. The van der Waals surface area contributed by atoms with Crippen LogP contribution in [-0.2, 0) is 21.7 Å². The zero-order chi connectivity index (χ0) is 6.97. The average Bonchev–Trinajstić information content (AvgIpc) is 2.27. The molecule has 14 heavy (non-hydrogen) atoms. The van der Waals surface area contributed by atoms with E-state index in [1.807, 2.05) is 0 Å². The van der Waals surface area contributed by atoms with Crippen molar-refractivity contribution in [2.75, 3.05) is 0 Å². The molecule has 5 radical (unpaired) electrons. The molecule has 0 aliphatic rings. The molecule has 0 fully saturated rings. The van der Waals surface area contributed by atoms with Gasteiger partial charge in [-0.25, -0.2) is 0 Å². The minimum Gasteiger partial charge on any atom is -0.358 e. The van der Waals surface area contributed by atoms with Crippen LogP contribution in [0.4, 0.5) is 0 Å². The van der Waals surface area contributed by atoms with Gasteiger partial charge in [-0.3, -0.25) is 0 Å². The van der Waals surface area contributed by atoms with Gasteiger partial charge in [-0.05, 0) is 0 Å². The second kappa shape index (κ2) is 8.10. The zero-order valence-corrected chi connectivity index (χ0v) is 11.5. The van der Waals surface area contributed by atoms with Gasteiger partial charge in [-0.2, -0.15) is 6.07 Å². The van der Waals surface area contributed by atoms with Crippen LogP contribution >= 0.6 is 0 Å². The maximum Gasteiger partial charge on any atom is 3.00 e.